The highest BCUT2D eigenvalue weighted by molar-refractivity contribution is 7.99. The smallest absolute Gasteiger partial charge is 0.417 e. The topological polar surface area (TPSA) is 75.2 Å². The first-order valence-corrected chi connectivity index (χ1v) is 15.6. The van der Waals surface area contributed by atoms with E-state index < -0.39 is 23.3 Å². The number of carbonyl (C=O) groups excluding carboxylic acids is 2. The molecule has 2 fully saturated rings. The van der Waals surface area contributed by atoms with Gasteiger partial charge < -0.3 is 19.3 Å². The molecule has 1 amide bonds. The van der Waals surface area contributed by atoms with Crippen molar-refractivity contribution in [1.82, 2.24) is 14.9 Å². The molecular weight excluding hydrogens is 595 g/mol. The standard InChI is InChI=1S/C31H35F3N5O4S/c1-30(2,3)43-29(41)27-22(28(40)37-13-15-44-19-37)18-39(14-5-6-25(27)39)38-11-9-36(10-12-38)26-17-23(31(32,33)34)21-16-20(42-4)7-8-24(21)35-26/h5-8,14,16-17H,9-13,15,18-19H2,1-4H3/q+1/t39-/m1/s1. The second kappa shape index (κ2) is 11.1. The normalized spacial score (nSPS) is 22.6. The number of quaternary nitrogens is 1. The first-order valence-electron chi connectivity index (χ1n) is 14.5. The van der Waals surface area contributed by atoms with Crippen molar-refractivity contribution in [3.05, 3.63) is 65.0 Å². The Kier molecular flexibility index (Phi) is 7.70. The van der Waals surface area contributed by atoms with E-state index in [2.05, 4.69) is 9.99 Å². The average Bonchev–Trinajstić information content (AvgIpc) is 3.71. The van der Waals surface area contributed by atoms with Crippen LogP contribution in [0.2, 0.25) is 0 Å². The molecule has 0 radical (unpaired) electrons. The number of hydrogen-bond acceptors (Lipinski definition) is 8. The fourth-order valence-corrected chi connectivity index (χ4v) is 7.16. The van der Waals surface area contributed by atoms with Gasteiger partial charge in [0.05, 0.1) is 42.7 Å². The lowest BCUT2D eigenvalue weighted by Gasteiger charge is -2.44. The van der Waals surface area contributed by atoms with E-state index in [4.69, 9.17) is 9.47 Å². The van der Waals surface area contributed by atoms with E-state index in [1.807, 2.05) is 23.3 Å². The molecule has 1 atom stereocenters. The predicted octanol–water partition coefficient (Wildman–Crippen LogP) is 4.71. The van der Waals surface area contributed by atoms with Crippen molar-refractivity contribution in [2.24, 2.45) is 0 Å². The molecule has 6 rings (SSSR count). The van der Waals surface area contributed by atoms with E-state index in [1.54, 1.807) is 49.6 Å². The van der Waals surface area contributed by atoms with Crippen molar-refractivity contribution >= 4 is 40.4 Å². The number of allylic oxidation sites excluding steroid dienone is 2. The van der Waals surface area contributed by atoms with Crippen molar-refractivity contribution in [1.29, 1.82) is 0 Å². The van der Waals surface area contributed by atoms with Gasteiger partial charge in [-0.05, 0) is 51.1 Å². The summed E-state index contributed by atoms with van der Waals surface area (Å²) in [5.41, 5.74) is 0.145. The Morgan fingerprint density at radius 1 is 1.05 bits per heavy atom. The summed E-state index contributed by atoms with van der Waals surface area (Å²) in [4.78, 5) is 35.5. The number of carbonyl (C=O) groups is 2. The van der Waals surface area contributed by atoms with Crippen molar-refractivity contribution in [3.63, 3.8) is 0 Å². The Bertz CT molecular complexity index is 1600. The maximum atomic E-state index is 14.1. The summed E-state index contributed by atoms with van der Waals surface area (Å²) in [7, 11) is 1.41. The first-order chi connectivity index (χ1) is 20.8. The predicted molar refractivity (Wildman–Crippen MR) is 161 cm³/mol. The number of aromatic nitrogens is 1. The third-order valence-corrected chi connectivity index (χ3v) is 9.22. The molecule has 0 N–H and O–H groups in total. The van der Waals surface area contributed by atoms with Crippen LogP contribution in [0.25, 0.3) is 10.9 Å². The van der Waals surface area contributed by atoms with Gasteiger partial charge >= 0.3 is 12.1 Å². The number of ether oxygens (including phenoxy) is 2. The maximum Gasteiger partial charge on any atom is 0.417 e. The largest absolute Gasteiger partial charge is 0.497 e. The second-order valence-electron chi connectivity index (χ2n) is 12.2. The summed E-state index contributed by atoms with van der Waals surface area (Å²) >= 11 is 1.67. The number of esters is 1. The average molecular weight is 631 g/mol. The molecule has 0 spiro atoms. The number of rotatable bonds is 5. The number of benzene rings is 1. The highest BCUT2D eigenvalue weighted by atomic mass is 32.2. The molecule has 1 aromatic heterocycles. The molecular formula is C31H35F3N5O4S+. The zero-order valence-corrected chi connectivity index (χ0v) is 25.9. The summed E-state index contributed by atoms with van der Waals surface area (Å²) in [5, 5.41) is 2.15. The minimum absolute atomic E-state index is 0.0130. The molecule has 4 aliphatic rings. The van der Waals surface area contributed by atoms with E-state index >= 15 is 0 Å². The number of halogens is 3. The lowest BCUT2D eigenvalue weighted by atomic mass is 10.1. The van der Waals surface area contributed by atoms with Gasteiger partial charge in [-0.2, -0.15) is 17.8 Å². The third-order valence-electron chi connectivity index (χ3n) is 8.25. The Morgan fingerprint density at radius 3 is 2.43 bits per heavy atom. The quantitative estimate of drug-likeness (QED) is 0.348. The van der Waals surface area contributed by atoms with Gasteiger partial charge in [-0.15, -0.1) is 16.8 Å². The molecule has 13 heteroatoms. The number of piperazine rings is 1. The van der Waals surface area contributed by atoms with Crippen molar-refractivity contribution in [2.45, 2.75) is 32.5 Å². The van der Waals surface area contributed by atoms with Crippen LogP contribution in [0.3, 0.4) is 0 Å². The van der Waals surface area contributed by atoms with Crippen molar-refractivity contribution < 1.29 is 36.8 Å². The van der Waals surface area contributed by atoms with E-state index in [0.717, 1.165) is 11.8 Å². The first kappa shape index (κ1) is 30.5. The number of nitrogens with zero attached hydrogens (tertiary/aromatic N) is 5. The number of anilines is 1. The van der Waals surface area contributed by atoms with E-state index in [-0.39, 0.29) is 33.8 Å². The molecule has 0 unspecified atom stereocenters. The monoisotopic (exact) mass is 630 g/mol. The maximum absolute atomic E-state index is 14.1. The summed E-state index contributed by atoms with van der Waals surface area (Å²) in [6.45, 7) is 8.01. The van der Waals surface area contributed by atoms with Crippen LogP contribution in [0.1, 0.15) is 26.3 Å². The molecule has 234 valence electrons. The SMILES string of the molecule is COc1ccc2nc(N3CCN([N@@+]45C=CC=C4C(C(=O)OC(C)(C)C)=C(C(=O)N4CCSC4)C5)CC3)cc(C(F)(F)F)c2c1. The highest BCUT2D eigenvalue weighted by Gasteiger charge is 2.54. The van der Waals surface area contributed by atoms with Crippen molar-refractivity contribution in [2.75, 3.05) is 62.9 Å². The number of amides is 1. The molecule has 44 heavy (non-hydrogen) atoms. The molecule has 4 aliphatic heterocycles. The van der Waals surface area contributed by atoms with Crippen LogP contribution >= 0.6 is 11.8 Å². The lowest BCUT2D eigenvalue weighted by Crippen LogP contribution is -2.61. The summed E-state index contributed by atoms with van der Waals surface area (Å²) < 4.78 is 53.5. The van der Waals surface area contributed by atoms with E-state index in [9.17, 15) is 22.8 Å². The van der Waals surface area contributed by atoms with Crippen LogP contribution in [0.4, 0.5) is 19.0 Å². The molecule has 0 bridgehead atoms. The van der Waals surface area contributed by atoms with Crippen LogP contribution < -0.4 is 9.64 Å². The fraction of sp³-hybridized carbons (Fsp3) is 0.452. The summed E-state index contributed by atoms with van der Waals surface area (Å²) in [6, 6.07) is 5.61. The fourth-order valence-electron chi connectivity index (χ4n) is 6.21. The number of alkyl halides is 3. The zero-order valence-electron chi connectivity index (χ0n) is 25.1. The molecule has 0 saturated carbocycles. The van der Waals surface area contributed by atoms with Crippen LogP contribution in [-0.2, 0) is 20.5 Å². The Hall–Kier alpha value is -3.55. The van der Waals surface area contributed by atoms with Crippen LogP contribution in [-0.4, -0.2) is 95.0 Å². The van der Waals surface area contributed by atoms with Crippen LogP contribution in [0, 0.1) is 0 Å². The number of hydrogen-bond donors (Lipinski definition) is 0. The molecule has 1 aromatic carbocycles. The summed E-state index contributed by atoms with van der Waals surface area (Å²) in [5.74, 6) is 1.30. The highest BCUT2D eigenvalue weighted by Crippen LogP contribution is 2.44. The molecule has 0 aliphatic carbocycles. The molecule has 2 saturated heterocycles. The third kappa shape index (κ3) is 5.45. The van der Waals surface area contributed by atoms with Gasteiger partial charge in [0.2, 0.25) is 0 Å². The lowest BCUT2D eigenvalue weighted by molar-refractivity contribution is -0.948. The number of methoxy groups -OCH3 is 1. The van der Waals surface area contributed by atoms with Gasteiger partial charge in [-0.1, -0.05) is 0 Å². The molecule has 9 nitrogen and oxygen atoms in total. The minimum atomic E-state index is -4.57. The van der Waals surface area contributed by atoms with Gasteiger partial charge in [-0.25, -0.2) is 9.78 Å². The van der Waals surface area contributed by atoms with Gasteiger partial charge in [0.25, 0.3) is 5.91 Å². The Morgan fingerprint density at radius 2 is 1.80 bits per heavy atom. The zero-order chi connectivity index (χ0) is 31.4. The van der Waals surface area contributed by atoms with Gasteiger partial charge in [0.1, 0.15) is 35.5 Å². The van der Waals surface area contributed by atoms with Crippen molar-refractivity contribution in [3.8, 4) is 5.75 Å². The Labute approximate surface area is 258 Å². The Balaban J connectivity index is 1.28. The number of pyridine rings is 1. The van der Waals surface area contributed by atoms with Gasteiger partial charge in [0.15, 0.2) is 5.70 Å². The number of thioether (sulfide) groups is 1. The number of fused-ring (bicyclic) bond motifs is 2. The van der Waals surface area contributed by atoms with Crippen LogP contribution in [0.5, 0.6) is 5.75 Å². The van der Waals surface area contributed by atoms with E-state index in [1.165, 1.54) is 13.2 Å². The molecule has 5 heterocycles. The van der Waals surface area contributed by atoms with Crippen LogP contribution in [0.15, 0.2) is 59.5 Å². The second-order valence-corrected chi connectivity index (χ2v) is 13.3. The van der Waals surface area contributed by atoms with E-state index in [0.29, 0.717) is 61.2 Å². The molecule has 2 aromatic rings. The van der Waals surface area contributed by atoms with Gasteiger partial charge in [0, 0.05) is 36.8 Å². The minimum Gasteiger partial charge on any atom is -0.497 e. The summed E-state index contributed by atoms with van der Waals surface area (Å²) in [6.07, 6.45) is 1.14. The van der Waals surface area contributed by atoms with Gasteiger partial charge in [-0.3, -0.25) is 4.79 Å².